The van der Waals surface area contributed by atoms with Crippen LogP contribution in [0.15, 0.2) is 48.5 Å². The number of esters is 1. The zero-order chi connectivity index (χ0) is 19.8. The normalized spacial score (nSPS) is 11.4. The summed E-state index contributed by atoms with van der Waals surface area (Å²) in [5.74, 6) is -1.16. The van der Waals surface area contributed by atoms with Crippen molar-refractivity contribution < 1.29 is 32.6 Å². The molecular weight excluding hydrogens is 360 g/mol. The number of nitriles is 1. The maximum Gasteiger partial charge on any atom is 0.387 e. The summed E-state index contributed by atoms with van der Waals surface area (Å²) in [5, 5.41) is 8.95. The smallest absolute Gasteiger partial charge is 0.387 e. The number of hydrogen-bond donors (Lipinski definition) is 0. The van der Waals surface area contributed by atoms with E-state index in [1.807, 2.05) is 6.07 Å². The highest BCUT2D eigenvalue weighted by molar-refractivity contribution is 6.00. The number of Topliss-reactive ketones (excluding diaryl/α,β-unsaturated/α-hetero) is 1. The van der Waals surface area contributed by atoms with E-state index in [9.17, 15) is 18.4 Å². The highest BCUT2D eigenvalue weighted by Crippen LogP contribution is 2.18. The summed E-state index contributed by atoms with van der Waals surface area (Å²) in [6.07, 6.45) is -1.10. The molecule has 27 heavy (non-hydrogen) atoms. The van der Waals surface area contributed by atoms with Crippen LogP contribution >= 0.6 is 0 Å². The number of para-hydroxylation sites is 1. The lowest BCUT2D eigenvalue weighted by Crippen LogP contribution is -2.27. The molecular formula is C19H15F2NO5. The van der Waals surface area contributed by atoms with Crippen molar-refractivity contribution in [2.24, 2.45) is 0 Å². The largest absolute Gasteiger partial charge is 0.481 e. The van der Waals surface area contributed by atoms with Crippen molar-refractivity contribution >= 4 is 11.8 Å². The Labute approximate surface area is 153 Å². The molecule has 6 nitrogen and oxygen atoms in total. The Balaban J connectivity index is 1.90. The Morgan fingerprint density at radius 3 is 2.41 bits per heavy atom. The number of alkyl halides is 2. The second-order valence-electron chi connectivity index (χ2n) is 5.30. The van der Waals surface area contributed by atoms with Gasteiger partial charge in [0.2, 0.25) is 5.78 Å². The van der Waals surface area contributed by atoms with E-state index >= 15 is 0 Å². The van der Waals surface area contributed by atoms with Crippen molar-refractivity contribution in [3.05, 3.63) is 59.7 Å². The first-order valence-corrected chi connectivity index (χ1v) is 7.81. The molecule has 0 N–H and O–H groups in total. The molecule has 0 amide bonds. The van der Waals surface area contributed by atoms with Gasteiger partial charge in [-0.2, -0.15) is 14.0 Å². The number of benzene rings is 2. The first-order chi connectivity index (χ1) is 12.9. The van der Waals surface area contributed by atoms with Crippen molar-refractivity contribution in [2.75, 3.05) is 6.61 Å². The molecule has 0 heterocycles. The Morgan fingerprint density at radius 2 is 1.78 bits per heavy atom. The number of carbonyl (C=O) groups is 2. The molecule has 0 saturated carbocycles. The SMILES string of the molecule is C[C@@H](OC(=O)COc1ccccc1C#N)C(=O)c1ccc(OC(F)F)cc1. The Bertz CT molecular complexity index is 846. The van der Waals surface area contributed by atoms with Gasteiger partial charge in [0, 0.05) is 5.56 Å². The second-order valence-corrected chi connectivity index (χ2v) is 5.30. The van der Waals surface area contributed by atoms with Crippen molar-refractivity contribution in [2.45, 2.75) is 19.6 Å². The monoisotopic (exact) mass is 375 g/mol. The molecule has 0 aliphatic heterocycles. The van der Waals surface area contributed by atoms with E-state index in [1.54, 1.807) is 12.1 Å². The van der Waals surface area contributed by atoms with Gasteiger partial charge in [-0.15, -0.1) is 0 Å². The lowest BCUT2D eigenvalue weighted by Gasteiger charge is -2.13. The van der Waals surface area contributed by atoms with Gasteiger partial charge in [-0.25, -0.2) is 4.79 Å². The fourth-order valence-electron chi connectivity index (χ4n) is 2.14. The molecule has 0 aliphatic carbocycles. The number of nitrogens with zero attached hydrogens (tertiary/aromatic N) is 1. The van der Waals surface area contributed by atoms with E-state index in [4.69, 9.17) is 14.7 Å². The summed E-state index contributed by atoms with van der Waals surface area (Å²) >= 11 is 0. The molecule has 0 bridgehead atoms. The molecule has 2 aromatic rings. The predicted molar refractivity (Wildman–Crippen MR) is 89.6 cm³/mol. The molecule has 1 atom stereocenters. The van der Waals surface area contributed by atoms with Gasteiger partial charge in [0.25, 0.3) is 0 Å². The Hall–Kier alpha value is -3.47. The third-order valence-electron chi connectivity index (χ3n) is 3.39. The fraction of sp³-hybridized carbons (Fsp3) is 0.211. The van der Waals surface area contributed by atoms with Crippen molar-refractivity contribution in [3.8, 4) is 17.6 Å². The minimum absolute atomic E-state index is 0.0873. The van der Waals surface area contributed by atoms with Crippen molar-refractivity contribution in [1.82, 2.24) is 0 Å². The van der Waals surface area contributed by atoms with E-state index in [1.165, 1.54) is 43.3 Å². The zero-order valence-corrected chi connectivity index (χ0v) is 14.2. The predicted octanol–water partition coefficient (Wildman–Crippen LogP) is 3.35. The quantitative estimate of drug-likeness (QED) is 0.520. The minimum Gasteiger partial charge on any atom is -0.481 e. The van der Waals surface area contributed by atoms with E-state index in [-0.39, 0.29) is 22.6 Å². The summed E-state index contributed by atoms with van der Waals surface area (Å²) in [4.78, 5) is 24.1. The molecule has 0 saturated heterocycles. The highest BCUT2D eigenvalue weighted by Gasteiger charge is 2.20. The number of ether oxygens (including phenoxy) is 3. The van der Waals surface area contributed by atoms with Crippen LogP contribution in [0.5, 0.6) is 11.5 Å². The molecule has 140 valence electrons. The lowest BCUT2D eigenvalue weighted by atomic mass is 10.1. The summed E-state index contributed by atoms with van der Waals surface area (Å²) in [6, 6.07) is 13.3. The van der Waals surface area contributed by atoms with Crippen LogP contribution in [0.1, 0.15) is 22.8 Å². The minimum atomic E-state index is -2.96. The van der Waals surface area contributed by atoms with Crippen LogP contribution in [0.4, 0.5) is 8.78 Å². The topological polar surface area (TPSA) is 85.6 Å². The molecule has 0 aliphatic rings. The number of halogens is 2. The van der Waals surface area contributed by atoms with Gasteiger partial charge in [0.05, 0.1) is 5.56 Å². The standard InChI is InChI=1S/C19H15F2NO5/c1-12(18(24)13-6-8-15(9-7-13)27-19(20)21)26-17(23)11-25-16-5-3-2-4-14(16)10-22/h2-9,12,19H,11H2,1H3/t12-/m1/s1. The molecule has 2 aromatic carbocycles. The van der Waals surface area contributed by atoms with Gasteiger partial charge in [-0.05, 0) is 43.3 Å². The maximum absolute atomic E-state index is 12.2. The third-order valence-corrected chi connectivity index (χ3v) is 3.39. The summed E-state index contributed by atoms with van der Waals surface area (Å²) < 4.78 is 38.7. The van der Waals surface area contributed by atoms with Gasteiger partial charge >= 0.3 is 12.6 Å². The van der Waals surface area contributed by atoms with E-state index in [0.29, 0.717) is 0 Å². The highest BCUT2D eigenvalue weighted by atomic mass is 19.3. The van der Waals surface area contributed by atoms with Gasteiger partial charge in [-0.3, -0.25) is 4.79 Å². The van der Waals surface area contributed by atoms with Crippen LogP contribution in [0, 0.1) is 11.3 Å². The van der Waals surface area contributed by atoms with Crippen LogP contribution in [0.3, 0.4) is 0 Å². The van der Waals surface area contributed by atoms with Crippen LogP contribution < -0.4 is 9.47 Å². The zero-order valence-electron chi connectivity index (χ0n) is 14.2. The molecule has 8 heteroatoms. The van der Waals surface area contributed by atoms with Gasteiger partial charge in [-0.1, -0.05) is 12.1 Å². The second kappa shape index (κ2) is 9.29. The summed E-state index contributed by atoms with van der Waals surface area (Å²) in [5.41, 5.74) is 0.438. The maximum atomic E-state index is 12.2. The van der Waals surface area contributed by atoms with Crippen molar-refractivity contribution in [3.63, 3.8) is 0 Å². The average Bonchev–Trinajstić information content (AvgIpc) is 2.66. The van der Waals surface area contributed by atoms with Crippen LogP contribution in [-0.2, 0) is 9.53 Å². The molecule has 0 spiro atoms. The number of rotatable bonds is 8. The first-order valence-electron chi connectivity index (χ1n) is 7.81. The molecule has 0 aromatic heterocycles. The van der Waals surface area contributed by atoms with E-state index in [0.717, 1.165) is 0 Å². The molecule has 0 unspecified atom stereocenters. The van der Waals surface area contributed by atoms with Crippen LogP contribution in [0.25, 0.3) is 0 Å². The van der Waals surface area contributed by atoms with Gasteiger partial charge in [0.1, 0.15) is 17.6 Å². The average molecular weight is 375 g/mol. The van der Waals surface area contributed by atoms with Gasteiger partial charge in [0.15, 0.2) is 12.7 Å². The Morgan fingerprint density at radius 1 is 1.11 bits per heavy atom. The van der Waals surface area contributed by atoms with Crippen LogP contribution in [0.2, 0.25) is 0 Å². The van der Waals surface area contributed by atoms with Crippen LogP contribution in [-0.4, -0.2) is 31.1 Å². The van der Waals surface area contributed by atoms with E-state index < -0.39 is 31.1 Å². The van der Waals surface area contributed by atoms with Crippen molar-refractivity contribution in [1.29, 1.82) is 5.26 Å². The number of hydrogen-bond acceptors (Lipinski definition) is 6. The number of ketones is 1. The fourth-order valence-corrected chi connectivity index (χ4v) is 2.14. The first kappa shape index (κ1) is 19.8. The van der Waals surface area contributed by atoms with E-state index in [2.05, 4.69) is 4.74 Å². The lowest BCUT2D eigenvalue weighted by molar-refractivity contribution is -0.148. The molecule has 0 fully saturated rings. The summed E-state index contributed by atoms with van der Waals surface area (Å²) in [6.45, 7) is -2.05. The van der Waals surface area contributed by atoms with Gasteiger partial charge < -0.3 is 14.2 Å². The molecule has 2 rings (SSSR count). The third kappa shape index (κ3) is 5.78. The molecule has 0 radical (unpaired) electrons. The Kier molecular flexibility index (Phi) is 6.83. The number of carbonyl (C=O) groups excluding carboxylic acids is 2. The summed E-state index contributed by atoms with van der Waals surface area (Å²) in [7, 11) is 0.